The number of likely N-dealkylation sites (tertiary alicyclic amines) is 1. The van der Waals surface area contributed by atoms with Gasteiger partial charge in [0.2, 0.25) is 5.91 Å². The van der Waals surface area contributed by atoms with Gasteiger partial charge < -0.3 is 10.2 Å². The van der Waals surface area contributed by atoms with Crippen molar-refractivity contribution in [2.75, 3.05) is 31.1 Å². The van der Waals surface area contributed by atoms with E-state index in [1.54, 1.807) is 0 Å². The molecule has 0 aliphatic carbocycles. The first-order valence-electron chi connectivity index (χ1n) is 6.00. The van der Waals surface area contributed by atoms with E-state index in [1.165, 1.54) is 0 Å². The fourth-order valence-electron chi connectivity index (χ4n) is 1.81. The summed E-state index contributed by atoms with van der Waals surface area (Å²) < 4.78 is 0. The van der Waals surface area contributed by atoms with Crippen molar-refractivity contribution in [2.45, 2.75) is 25.8 Å². The minimum absolute atomic E-state index is 0.0735. The van der Waals surface area contributed by atoms with Crippen LogP contribution in [0.5, 0.6) is 0 Å². The Labute approximate surface area is 103 Å². The van der Waals surface area contributed by atoms with E-state index in [-0.39, 0.29) is 11.9 Å². The molecule has 0 aromatic rings. The highest BCUT2D eigenvalue weighted by atomic mass is 32.2. The Morgan fingerprint density at radius 2 is 2.50 bits per heavy atom. The zero-order chi connectivity index (χ0) is 11.8. The maximum atomic E-state index is 11.9. The van der Waals surface area contributed by atoms with Crippen molar-refractivity contribution >= 4 is 17.7 Å². The van der Waals surface area contributed by atoms with Crippen LogP contribution >= 0.6 is 11.8 Å². The summed E-state index contributed by atoms with van der Waals surface area (Å²) in [5.41, 5.74) is 0. The standard InChI is InChI=1S/C12H22N2OS/c1-3-6-13-11-5-7-14(12(11)15)8-10-16-9-4-2/h4,11,13H,2-3,5-10H2,1H3. The predicted octanol–water partition coefficient (Wildman–Crippen LogP) is 1.51. The summed E-state index contributed by atoms with van der Waals surface area (Å²) in [5, 5.41) is 3.30. The van der Waals surface area contributed by atoms with Crippen LogP contribution in [0.1, 0.15) is 19.8 Å². The van der Waals surface area contributed by atoms with Crippen molar-refractivity contribution in [3.8, 4) is 0 Å². The number of rotatable bonds is 8. The van der Waals surface area contributed by atoms with Gasteiger partial charge in [0.1, 0.15) is 0 Å². The summed E-state index contributed by atoms with van der Waals surface area (Å²) in [7, 11) is 0. The Morgan fingerprint density at radius 1 is 1.69 bits per heavy atom. The highest BCUT2D eigenvalue weighted by molar-refractivity contribution is 7.99. The molecule has 0 radical (unpaired) electrons. The average molecular weight is 242 g/mol. The maximum absolute atomic E-state index is 11.9. The van der Waals surface area contributed by atoms with E-state index in [4.69, 9.17) is 0 Å². The predicted molar refractivity (Wildman–Crippen MR) is 70.8 cm³/mol. The lowest BCUT2D eigenvalue weighted by atomic mass is 10.2. The van der Waals surface area contributed by atoms with Gasteiger partial charge in [-0.25, -0.2) is 0 Å². The topological polar surface area (TPSA) is 32.3 Å². The van der Waals surface area contributed by atoms with E-state index in [0.717, 1.165) is 44.0 Å². The molecule has 1 unspecified atom stereocenters. The van der Waals surface area contributed by atoms with Gasteiger partial charge in [-0.3, -0.25) is 4.79 Å². The van der Waals surface area contributed by atoms with E-state index in [9.17, 15) is 4.79 Å². The molecule has 92 valence electrons. The molecule has 1 amide bonds. The van der Waals surface area contributed by atoms with Crippen LogP contribution < -0.4 is 5.32 Å². The maximum Gasteiger partial charge on any atom is 0.239 e. The number of nitrogens with zero attached hydrogens (tertiary/aromatic N) is 1. The first-order chi connectivity index (χ1) is 7.79. The summed E-state index contributed by atoms with van der Waals surface area (Å²) >= 11 is 1.83. The number of nitrogens with one attached hydrogen (secondary N) is 1. The summed E-state index contributed by atoms with van der Waals surface area (Å²) in [4.78, 5) is 13.9. The molecular formula is C12H22N2OS. The molecule has 0 aromatic carbocycles. The molecule has 4 heteroatoms. The molecule has 1 saturated heterocycles. The van der Waals surface area contributed by atoms with Gasteiger partial charge in [0.05, 0.1) is 6.04 Å². The lowest BCUT2D eigenvalue weighted by molar-refractivity contribution is -0.129. The van der Waals surface area contributed by atoms with Crippen LogP contribution in [0, 0.1) is 0 Å². The number of thioether (sulfide) groups is 1. The highest BCUT2D eigenvalue weighted by Gasteiger charge is 2.30. The molecule has 1 atom stereocenters. The van der Waals surface area contributed by atoms with Crippen LogP contribution in [-0.2, 0) is 4.79 Å². The summed E-state index contributed by atoms with van der Waals surface area (Å²) in [6.45, 7) is 8.53. The van der Waals surface area contributed by atoms with Gasteiger partial charge in [0, 0.05) is 24.6 Å². The average Bonchev–Trinajstić information content (AvgIpc) is 2.64. The largest absolute Gasteiger partial charge is 0.340 e. The Hall–Kier alpha value is -0.480. The highest BCUT2D eigenvalue weighted by Crippen LogP contribution is 2.12. The normalized spacial score (nSPS) is 20.4. The second-order valence-corrected chi connectivity index (χ2v) is 5.13. The van der Waals surface area contributed by atoms with E-state index in [1.807, 2.05) is 22.7 Å². The van der Waals surface area contributed by atoms with Crippen LogP contribution in [-0.4, -0.2) is 48.0 Å². The quantitative estimate of drug-likeness (QED) is 0.517. The molecule has 16 heavy (non-hydrogen) atoms. The molecule has 3 nitrogen and oxygen atoms in total. The minimum Gasteiger partial charge on any atom is -0.340 e. The number of hydrogen-bond acceptors (Lipinski definition) is 3. The second kappa shape index (κ2) is 7.74. The monoisotopic (exact) mass is 242 g/mol. The van der Waals surface area contributed by atoms with Gasteiger partial charge in [-0.1, -0.05) is 13.0 Å². The third-order valence-electron chi connectivity index (χ3n) is 2.68. The van der Waals surface area contributed by atoms with E-state index < -0.39 is 0 Å². The van der Waals surface area contributed by atoms with Crippen molar-refractivity contribution < 1.29 is 4.79 Å². The fraction of sp³-hybridized carbons (Fsp3) is 0.750. The van der Waals surface area contributed by atoms with Crippen molar-refractivity contribution in [3.05, 3.63) is 12.7 Å². The lowest BCUT2D eigenvalue weighted by Crippen LogP contribution is -2.39. The minimum atomic E-state index is 0.0735. The van der Waals surface area contributed by atoms with Crippen LogP contribution in [0.4, 0.5) is 0 Å². The van der Waals surface area contributed by atoms with Gasteiger partial charge in [-0.2, -0.15) is 11.8 Å². The number of hydrogen-bond donors (Lipinski definition) is 1. The van der Waals surface area contributed by atoms with E-state index in [0.29, 0.717) is 0 Å². The molecule has 1 aliphatic heterocycles. The molecule has 1 aliphatic rings. The second-order valence-electron chi connectivity index (χ2n) is 3.98. The van der Waals surface area contributed by atoms with Crippen molar-refractivity contribution in [1.29, 1.82) is 0 Å². The molecule has 1 N–H and O–H groups in total. The number of carbonyl (C=O) groups excluding carboxylic acids is 1. The molecule has 0 spiro atoms. The zero-order valence-corrected chi connectivity index (χ0v) is 10.9. The van der Waals surface area contributed by atoms with Crippen molar-refractivity contribution in [3.63, 3.8) is 0 Å². The fourth-order valence-corrected chi connectivity index (χ4v) is 2.49. The first kappa shape index (κ1) is 13.6. The van der Waals surface area contributed by atoms with Crippen LogP contribution in [0.25, 0.3) is 0 Å². The van der Waals surface area contributed by atoms with Gasteiger partial charge in [-0.05, 0) is 19.4 Å². The smallest absolute Gasteiger partial charge is 0.239 e. The van der Waals surface area contributed by atoms with Gasteiger partial charge >= 0.3 is 0 Å². The molecule has 1 rings (SSSR count). The molecule has 1 fully saturated rings. The van der Waals surface area contributed by atoms with E-state index in [2.05, 4.69) is 18.8 Å². The lowest BCUT2D eigenvalue weighted by Gasteiger charge is -2.16. The summed E-state index contributed by atoms with van der Waals surface area (Å²) in [5.74, 6) is 2.27. The number of carbonyl (C=O) groups is 1. The molecular weight excluding hydrogens is 220 g/mol. The van der Waals surface area contributed by atoms with Gasteiger partial charge in [-0.15, -0.1) is 6.58 Å². The van der Waals surface area contributed by atoms with Gasteiger partial charge in [0.15, 0.2) is 0 Å². The Kier molecular flexibility index (Phi) is 6.57. The Morgan fingerprint density at radius 3 is 3.19 bits per heavy atom. The zero-order valence-electron chi connectivity index (χ0n) is 10.1. The summed E-state index contributed by atoms with van der Waals surface area (Å²) in [6, 6.07) is 0.0735. The third-order valence-corrected chi connectivity index (χ3v) is 3.62. The number of amides is 1. The Balaban J connectivity index is 2.19. The van der Waals surface area contributed by atoms with Gasteiger partial charge in [0.25, 0.3) is 0 Å². The van der Waals surface area contributed by atoms with Crippen LogP contribution in [0.2, 0.25) is 0 Å². The molecule has 0 aromatic heterocycles. The molecule has 0 bridgehead atoms. The third kappa shape index (κ3) is 4.18. The first-order valence-corrected chi connectivity index (χ1v) is 7.15. The van der Waals surface area contributed by atoms with Crippen molar-refractivity contribution in [1.82, 2.24) is 10.2 Å². The van der Waals surface area contributed by atoms with Crippen molar-refractivity contribution in [2.24, 2.45) is 0 Å². The molecule has 1 heterocycles. The van der Waals surface area contributed by atoms with Crippen LogP contribution in [0.3, 0.4) is 0 Å². The SMILES string of the molecule is C=CCSCCN1CCC(NCCC)C1=O. The van der Waals surface area contributed by atoms with Crippen LogP contribution in [0.15, 0.2) is 12.7 Å². The summed E-state index contributed by atoms with van der Waals surface area (Å²) in [6.07, 6.45) is 3.95. The molecule has 0 saturated carbocycles. The Bertz CT molecular complexity index is 233. The van der Waals surface area contributed by atoms with E-state index >= 15 is 0 Å².